The number of aryl methyl sites for hydroxylation is 3. The Morgan fingerprint density at radius 2 is 1.32 bits per heavy atom. The van der Waals surface area contributed by atoms with Crippen LogP contribution in [0.25, 0.3) is 5.69 Å². The van der Waals surface area contributed by atoms with Crippen molar-refractivity contribution in [1.29, 1.82) is 0 Å². The fraction of sp³-hybridized carbons (Fsp3) is 0.333. The largest absolute Gasteiger partial charge is 0.416 e. The maximum atomic E-state index is 13.6. The van der Waals surface area contributed by atoms with Gasteiger partial charge >= 0.3 is 18.5 Å². The molecule has 0 atom stereocenters. The van der Waals surface area contributed by atoms with Crippen molar-refractivity contribution in [2.75, 3.05) is 4.90 Å². The topological polar surface area (TPSA) is 64.7 Å². The van der Waals surface area contributed by atoms with Gasteiger partial charge in [0.25, 0.3) is 5.95 Å². The summed E-state index contributed by atoms with van der Waals surface area (Å²) in [6.45, 7) is 2.28. The van der Waals surface area contributed by atoms with Crippen LogP contribution in [0, 0.1) is 13.8 Å². The molecule has 2 aromatic heterocycles. The van der Waals surface area contributed by atoms with Crippen LogP contribution < -0.4 is 4.90 Å². The van der Waals surface area contributed by atoms with Gasteiger partial charge in [-0.15, -0.1) is 5.10 Å². The standard InChI is InChI=1S/C24H20F9N7/c1-13-6-14(2)40(35-13)20-5-4-17(22(25,26)27)9-16(20)12-39(21-34-37-38(3)36-21)11-15-7-18(23(28,29)30)10-19(8-15)24(31,32)33/h4-10H,11-12H2,1-3H3. The zero-order chi connectivity index (χ0) is 29.6. The third-order valence-electron chi connectivity index (χ3n) is 5.81. The second-order valence-electron chi connectivity index (χ2n) is 9.03. The number of alkyl halides is 9. The zero-order valence-corrected chi connectivity index (χ0v) is 21.0. The zero-order valence-electron chi connectivity index (χ0n) is 21.0. The molecule has 0 N–H and O–H groups in total. The Kier molecular flexibility index (Phi) is 7.32. The Bertz CT molecular complexity index is 1480. The van der Waals surface area contributed by atoms with Gasteiger partial charge in [0.15, 0.2) is 0 Å². The van der Waals surface area contributed by atoms with E-state index in [4.69, 9.17) is 0 Å². The van der Waals surface area contributed by atoms with Crippen molar-refractivity contribution in [3.8, 4) is 5.69 Å². The summed E-state index contributed by atoms with van der Waals surface area (Å²) in [5, 5.41) is 15.7. The molecule has 0 fully saturated rings. The lowest BCUT2D eigenvalue weighted by Crippen LogP contribution is -2.26. The number of rotatable bonds is 6. The molecule has 0 aliphatic carbocycles. The van der Waals surface area contributed by atoms with Crippen molar-refractivity contribution in [1.82, 2.24) is 30.0 Å². The highest BCUT2D eigenvalue weighted by Gasteiger charge is 2.37. The van der Waals surface area contributed by atoms with E-state index in [1.165, 1.54) is 17.8 Å². The summed E-state index contributed by atoms with van der Waals surface area (Å²) in [4.78, 5) is 2.12. The molecule has 0 bridgehead atoms. The number of tetrazole rings is 1. The van der Waals surface area contributed by atoms with E-state index in [9.17, 15) is 39.5 Å². The van der Waals surface area contributed by atoms with E-state index in [1.807, 2.05) is 0 Å². The number of aromatic nitrogens is 6. The first kappa shape index (κ1) is 28.9. The third kappa shape index (κ3) is 6.37. The molecule has 0 aliphatic heterocycles. The minimum absolute atomic E-state index is 0.0106. The minimum Gasteiger partial charge on any atom is -0.329 e. The van der Waals surface area contributed by atoms with Gasteiger partial charge in [0.05, 0.1) is 35.1 Å². The molecule has 2 aromatic carbocycles. The molecule has 0 saturated heterocycles. The van der Waals surface area contributed by atoms with Gasteiger partial charge in [-0.25, -0.2) is 4.68 Å². The van der Waals surface area contributed by atoms with Crippen LogP contribution in [0.5, 0.6) is 0 Å². The number of hydrogen-bond acceptors (Lipinski definition) is 5. The van der Waals surface area contributed by atoms with Crippen LogP contribution >= 0.6 is 0 Å². The molecule has 0 spiro atoms. The molecule has 0 unspecified atom stereocenters. The van der Waals surface area contributed by atoms with Crippen molar-refractivity contribution in [2.24, 2.45) is 7.05 Å². The van der Waals surface area contributed by atoms with E-state index in [-0.39, 0.29) is 23.3 Å². The predicted molar refractivity (Wildman–Crippen MR) is 123 cm³/mol. The van der Waals surface area contributed by atoms with Gasteiger partial charge in [-0.2, -0.15) is 49.4 Å². The van der Waals surface area contributed by atoms with E-state index in [0.29, 0.717) is 23.5 Å². The molecule has 0 saturated carbocycles. The first-order valence-corrected chi connectivity index (χ1v) is 11.4. The Labute approximate surface area is 220 Å². The van der Waals surface area contributed by atoms with E-state index in [1.54, 1.807) is 19.9 Å². The highest BCUT2D eigenvalue weighted by molar-refractivity contribution is 5.48. The van der Waals surface area contributed by atoms with Crippen molar-refractivity contribution < 1.29 is 39.5 Å². The quantitative estimate of drug-likeness (QED) is 0.253. The number of anilines is 1. The normalized spacial score (nSPS) is 12.7. The molecule has 214 valence electrons. The fourth-order valence-corrected chi connectivity index (χ4v) is 4.10. The van der Waals surface area contributed by atoms with Crippen molar-refractivity contribution in [3.63, 3.8) is 0 Å². The summed E-state index contributed by atoms with van der Waals surface area (Å²) < 4.78 is 123. The maximum absolute atomic E-state index is 13.6. The van der Waals surface area contributed by atoms with Crippen LogP contribution in [0.3, 0.4) is 0 Å². The van der Waals surface area contributed by atoms with Gasteiger partial charge in [-0.3, -0.25) is 0 Å². The van der Waals surface area contributed by atoms with Gasteiger partial charge in [-0.1, -0.05) is 5.10 Å². The van der Waals surface area contributed by atoms with Crippen molar-refractivity contribution >= 4 is 5.95 Å². The van der Waals surface area contributed by atoms with Crippen LogP contribution in [0.1, 0.15) is 39.2 Å². The second-order valence-corrected chi connectivity index (χ2v) is 9.03. The third-order valence-corrected chi connectivity index (χ3v) is 5.81. The fourth-order valence-electron chi connectivity index (χ4n) is 4.10. The van der Waals surface area contributed by atoms with E-state index < -0.39 is 53.9 Å². The molecule has 40 heavy (non-hydrogen) atoms. The summed E-state index contributed by atoms with van der Waals surface area (Å²) >= 11 is 0. The first-order chi connectivity index (χ1) is 18.4. The number of halogens is 9. The molecule has 7 nitrogen and oxygen atoms in total. The predicted octanol–water partition coefficient (Wildman–Crippen LogP) is 6.28. The SMILES string of the molecule is Cc1cc(C)n(-c2ccc(C(F)(F)F)cc2CN(Cc2cc(C(F)(F)F)cc(C(F)(F)F)c2)c2nnn(C)n2)n1. The highest BCUT2D eigenvalue weighted by Crippen LogP contribution is 2.37. The van der Waals surface area contributed by atoms with Crippen LogP contribution in [-0.2, 0) is 38.7 Å². The maximum Gasteiger partial charge on any atom is 0.416 e. The smallest absolute Gasteiger partial charge is 0.329 e. The van der Waals surface area contributed by atoms with Crippen molar-refractivity contribution in [2.45, 2.75) is 45.5 Å². The van der Waals surface area contributed by atoms with Gasteiger partial charge in [0, 0.05) is 18.8 Å². The number of hydrogen-bond donors (Lipinski definition) is 0. The molecule has 2 heterocycles. The Morgan fingerprint density at radius 1 is 0.725 bits per heavy atom. The lowest BCUT2D eigenvalue weighted by Gasteiger charge is -2.24. The number of nitrogens with zero attached hydrogens (tertiary/aromatic N) is 7. The summed E-state index contributed by atoms with van der Waals surface area (Å²) in [5.41, 5.74) is -3.13. The Hall–Kier alpha value is -4.11. The molecule has 16 heteroatoms. The molecule has 4 aromatic rings. The van der Waals surface area contributed by atoms with E-state index in [2.05, 4.69) is 20.5 Å². The summed E-state index contributed by atoms with van der Waals surface area (Å²) in [7, 11) is 1.37. The average molecular weight is 577 g/mol. The van der Waals surface area contributed by atoms with Crippen LogP contribution in [-0.4, -0.2) is 30.0 Å². The molecule has 4 rings (SSSR count). The van der Waals surface area contributed by atoms with Gasteiger partial charge < -0.3 is 4.90 Å². The molecule has 0 aliphatic rings. The average Bonchev–Trinajstić information content (AvgIpc) is 3.41. The minimum atomic E-state index is -5.09. The second kappa shape index (κ2) is 10.1. The van der Waals surface area contributed by atoms with Gasteiger partial charge in [-0.05, 0) is 72.7 Å². The summed E-state index contributed by atoms with van der Waals surface area (Å²) in [6, 6.07) is 5.61. The van der Waals surface area contributed by atoms with E-state index >= 15 is 0 Å². The lowest BCUT2D eigenvalue weighted by molar-refractivity contribution is -0.143. The Balaban J connectivity index is 1.85. The summed E-state index contributed by atoms with van der Waals surface area (Å²) in [6.07, 6.45) is -14.9. The lowest BCUT2D eigenvalue weighted by atomic mass is 10.0. The van der Waals surface area contributed by atoms with E-state index in [0.717, 1.165) is 21.8 Å². The monoisotopic (exact) mass is 577 g/mol. The highest BCUT2D eigenvalue weighted by atomic mass is 19.4. The number of benzene rings is 2. The molecular weight excluding hydrogens is 557 g/mol. The summed E-state index contributed by atoms with van der Waals surface area (Å²) in [5.74, 6) is -0.231. The van der Waals surface area contributed by atoms with Crippen LogP contribution in [0.15, 0.2) is 42.5 Å². The van der Waals surface area contributed by atoms with Crippen molar-refractivity contribution in [3.05, 3.63) is 81.7 Å². The van der Waals surface area contributed by atoms with Gasteiger partial charge in [0.1, 0.15) is 0 Å². The molecule has 0 amide bonds. The Morgan fingerprint density at radius 3 is 1.80 bits per heavy atom. The first-order valence-electron chi connectivity index (χ1n) is 11.4. The van der Waals surface area contributed by atoms with Gasteiger partial charge in [0.2, 0.25) is 0 Å². The van der Waals surface area contributed by atoms with Crippen LogP contribution in [0.4, 0.5) is 45.5 Å². The van der Waals surface area contributed by atoms with Crippen LogP contribution in [0.2, 0.25) is 0 Å². The molecule has 0 radical (unpaired) electrons. The molecular formula is C24H20F9N7.